The van der Waals surface area contributed by atoms with E-state index in [1.54, 1.807) is 6.92 Å². The van der Waals surface area contributed by atoms with Crippen LogP contribution in [0.2, 0.25) is 0 Å². The minimum Gasteiger partial charge on any atom is -0.475 e. The van der Waals surface area contributed by atoms with E-state index in [1.165, 1.54) is 12.8 Å². The van der Waals surface area contributed by atoms with Crippen LogP contribution in [-0.4, -0.2) is 16.1 Å². The van der Waals surface area contributed by atoms with Crippen LogP contribution in [0.4, 0.5) is 0 Å². The molecule has 0 aromatic carbocycles. The fourth-order valence-electron chi connectivity index (χ4n) is 1.96. The first-order chi connectivity index (χ1) is 6.68. The molecule has 0 spiro atoms. The van der Waals surface area contributed by atoms with Gasteiger partial charge in [0.25, 0.3) is 0 Å². The summed E-state index contributed by atoms with van der Waals surface area (Å²) in [5.41, 5.74) is 0.486. The first-order valence-electron chi connectivity index (χ1n) is 4.89. The molecule has 4 heteroatoms. The maximum Gasteiger partial charge on any atom is 0.373 e. The molecule has 1 aliphatic rings. The van der Waals surface area contributed by atoms with Crippen LogP contribution in [0.5, 0.6) is 0 Å². The summed E-state index contributed by atoms with van der Waals surface area (Å²) in [6, 6.07) is 0. The van der Waals surface area contributed by atoms with Crippen LogP contribution in [-0.2, 0) is 0 Å². The zero-order valence-electron chi connectivity index (χ0n) is 8.12. The van der Waals surface area contributed by atoms with E-state index in [1.807, 2.05) is 0 Å². The van der Waals surface area contributed by atoms with Gasteiger partial charge in [-0.2, -0.15) is 0 Å². The summed E-state index contributed by atoms with van der Waals surface area (Å²) in [6.07, 6.45) is 4.51. The molecule has 2 rings (SSSR count). The van der Waals surface area contributed by atoms with Gasteiger partial charge >= 0.3 is 5.97 Å². The van der Waals surface area contributed by atoms with E-state index in [4.69, 9.17) is 9.52 Å². The van der Waals surface area contributed by atoms with E-state index in [9.17, 15) is 4.79 Å². The molecule has 1 N–H and O–H groups in total. The zero-order valence-corrected chi connectivity index (χ0v) is 8.12. The van der Waals surface area contributed by atoms with Crippen molar-refractivity contribution in [1.29, 1.82) is 0 Å². The highest BCUT2D eigenvalue weighted by Gasteiger charge is 2.25. The van der Waals surface area contributed by atoms with Crippen LogP contribution >= 0.6 is 0 Å². The molecule has 0 amide bonds. The van der Waals surface area contributed by atoms with Crippen molar-refractivity contribution in [3.8, 4) is 0 Å². The van der Waals surface area contributed by atoms with Gasteiger partial charge in [0, 0.05) is 5.92 Å². The van der Waals surface area contributed by atoms with Crippen molar-refractivity contribution in [2.45, 2.75) is 38.5 Å². The van der Waals surface area contributed by atoms with Crippen LogP contribution in [0.3, 0.4) is 0 Å². The average molecular weight is 195 g/mol. The molecule has 0 radical (unpaired) electrons. The number of hydrogen-bond acceptors (Lipinski definition) is 3. The maximum absolute atomic E-state index is 10.7. The van der Waals surface area contributed by atoms with Crippen molar-refractivity contribution >= 4 is 5.97 Å². The summed E-state index contributed by atoms with van der Waals surface area (Å²) in [7, 11) is 0. The van der Waals surface area contributed by atoms with E-state index < -0.39 is 5.97 Å². The quantitative estimate of drug-likeness (QED) is 0.786. The number of aromatic nitrogens is 1. The highest BCUT2D eigenvalue weighted by molar-refractivity contribution is 5.85. The molecular weight excluding hydrogens is 182 g/mol. The monoisotopic (exact) mass is 195 g/mol. The van der Waals surface area contributed by atoms with Gasteiger partial charge in [-0.3, -0.25) is 0 Å². The third kappa shape index (κ3) is 1.52. The molecular formula is C10H13NO3. The van der Waals surface area contributed by atoms with Crippen LogP contribution < -0.4 is 0 Å². The van der Waals surface area contributed by atoms with Gasteiger partial charge in [0.2, 0.25) is 5.76 Å². The maximum atomic E-state index is 10.7. The van der Waals surface area contributed by atoms with E-state index in [-0.39, 0.29) is 5.76 Å². The lowest BCUT2D eigenvalue weighted by molar-refractivity contribution is 0.0658. The van der Waals surface area contributed by atoms with Gasteiger partial charge in [0.1, 0.15) is 0 Å². The smallest absolute Gasteiger partial charge is 0.373 e. The van der Waals surface area contributed by atoms with Crippen molar-refractivity contribution in [3.63, 3.8) is 0 Å². The van der Waals surface area contributed by atoms with Gasteiger partial charge in [-0.15, -0.1) is 0 Å². The van der Waals surface area contributed by atoms with Gasteiger partial charge in [0.15, 0.2) is 5.89 Å². The summed E-state index contributed by atoms with van der Waals surface area (Å²) in [6.45, 7) is 1.67. The average Bonchev–Trinajstić information content (AvgIpc) is 2.70. The molecule has 0 atom stereocenters. The molecule has 1 saturated carbocycles. The lowest BCUT2D eigenvalue weighted by Crippen LogP contribution is -1.95. The summed E-state index contributed by atoms with van der Waals surface area (Å²) >= 11 is 0. The number of oxazole rings is 1. The number of carboxylic acids is 1. The Kier molecular flexibility index (Phi) is 2.27. The number of hydrogen-bond donors (Lipinski definition) is 1. The predicted molar refractivity (Wildman–Crippen MR) is 49.4 cm³/mol. The molecule has 14 heavy (non-hydrogen) atoms. The third-order valence-corrected chi connectivity index (χ3v) is 2.71. The number of nitrogens with zero attached hydrogens (tertiary/aromatic N) is 1. The van der Waals surface area contributed by atoms with E-state index >= 15 is 0 Å². The van der Waals surface area contributed by atoms with Crippen molar-refractivity contribution in [2.24, 2.45) is 0 Å². The number of aromatic carboxylic acids is 1. The van der Waals surface area contributed by atoms with Gasteiger partial charge in [0.05, 0.1) is 5.69 Å². The molecule has 1 heterocycles. The predicted octanol–water partition coefficient (Wildman–Crippen LogP) is 2.34. The SMILES string of the molecule is Cc1nc(C2CCCC2)oc1C(=O)O. The van der Waals surface area contributed by atoms with Gasteiger partial charge in [-0.05, 0) is 19.8 Å². The Morgan fingerprint density at radius 3 is 2.64 bits per heavy atom. The second-order valence-electron chi connectivity index (χ2n) is 3.75. The number of carboxylic acid groups (broad SMARTS) is 1. The Morgan fingerprint density at radius 2 is 2.14 bits per heavy atom. The van der Waals surface area contributed by atoms with Crippen molar-refractivity contribution in [1.82, 2.24) is 4.98 Å². The molecule has 1 aromatic rings. The van der Waals surface area contributed by atoms with Gasteiger partial charge in [-0.25, -0.2) is 9.78 Å². The lowest BCUT2D eigenvalue weighted by Gasteiger charge is -2.00. The Labute approximate surface area is 81.9 Å². The summed E-state index contributed by atoms with van der Waals surface area (Å²) in [5, 5.41) is 8.79. The molecule has 4 nitrogen and oxygen atoms in total. The number of aryl methyl sites for hydroxylation is 1. The Balaban J connectivity index is 2.27. The van der Waals surface area contributed by atoms with Crippen LogP contribution in [0, 0.1) is 6.92 Å². The first-order valence-corrected chi connectivity index (χ1v) is 4.89. The Morgan fingerprint density at radius 1 is 1.50 bits per heavy atom. The summed E-state index contributed by atoms with van der Waals surface area (Å²) in [4.78, 5) is 14.9. The topological polar surface area (TPSA) is 63.3 Å². The molecule has 1 aliphatic carbocycles. The van der Waals surface area contributed by atoms with E-state index in [2.05, 4.69) is 4.98 Å². The largest absolute Gasteiger partial charge is 0.475 e. The zero-order chi connectivity index (χ0) is 10.1. The Hall–Kier alpha value is -1.32. The van der Waals surface area contributed by atoms with Crippen LogP contribution in [0.15, 0.2) is 4.42 Å². The molecule has 76 valence electrons. The molecule has 1 fully saturated rings. The third-order valence-electron chi connectivity index (χ3n) is 2.71. The fourth-order valence-corrected chi connectivity index (χ4v) is 1.96. The highest BCUT2D eigenvalue weighted by Crippen LogP contribution is 2.34. The minimum atomic E-state index is -1.03. The fraction of sp³-hybridized carbons (Fsp3) is 0.600. The standard InChI is InChI=1S/C10H13NO3/c1-6-8(10(12)13)14-9(11-6)7-4-2-3-5-7/h7H,2-5H2,1H3,(H,12,13). The van der Waals surface area contributed by atoms with Crippen molar-refractivity contribution in [3.05, 3.63) is 17.3 Å². The van der Waals surface area contributed by atoms with E-state index in [0.29, 0.717) is 17.5 Å². The minimum absolute atomic E-state index is 0.00750. The second-order valence-corrected chi connectivity index (χ2v) is 3.75. The first kappa shape index (κ1) is 9.24. The van der Waals surface area contributed by atoms with Gasteiger partial charge in [-0.1, -0.05) is 12.8 Å². The number of carbonyl (C=O) groups is 1. The van der Waals surface area contributed by atoms with Crippen LogP contribution in [0.25, 0.3) is 0 Å². The Bertz CT molecular complexity index is 350. The van der Waals surface area contributed by atoms with Crippen molar-refractivity contribution < 1.29 is 14.3 Å². The molecule has 0 unspecified atom stereocenters. The van der Waals surface area contributed by atoms with Crippen molar-refractivity contribution in [2.75, 3.05) is 0 Å². The normalized spacial score (nSPS) is 17.5. The molecule has 0 aliphatic heterocycles. The molecule has 0 saturated heterocycles. The number of rotatable bonds is 2. The van der Waals surface area contributed by atoms with Crippen LogP contribution in [0.1, 0.15) is 53.7 Å². The second kappa shape index (κ2) is 3.44. The van der Waals surface area contributed by atoms with E-state index in [0.717, 1.165) is 12.8 Å². The van der Waals surface area contributed by atoms with Gasteiger partial charge < -0.3 is 9.52 Å². The highest BCUT2D eigenvalue weighted by atomic mass is 16.4. The summed E-state index contributed by atoms with van der Waals surface area (Å²) < 4.78 is 5.25. The molecule has 1 aromatic heterocycles. The lowest BCUT2D eigenvalue weighted by atomic mass is 10.1. The molecule has 0 bridgehead atoms. The summed E-state index contributed by atoms with van der Waals surface area (Å²) in [5.74, 6) is -0.0923.